The number of rotatable bonds is 7. The Hall–Kier alpha value is -2.61. The van der Waals surface area contributed by atoms with E-state index in [1.165, 1.54) is 22.3 Å². The maximum absolute atomic E-state index is 12.0. The molecule has 0 atom stereocenters. The molecule has 0 aromatic heterocycles. The Kier molecular flexibility index (Phi) is 18.3. The van der Waals surface area contributed by atoms with Crippen molar-refractivity contribution in [1.82, 2.24) is 0 Å². The number of halogens is 5. The summed E-state index contributed by atoms with van der Waals surface area (Å²) >= 11 is 0. The third-order valence-corrected chi connectivity index (χ3v) is 6.76. The second-order valence-corrected chi connectivity index (χ2v) is 19.0. The summed E-state index contributed by atoms with van der Waals surface area (Å²) in [6.45, 7) is 32.6. The Morgan fingerprint density at radius 3 is 1.02 bits per heavy atom. The van der Waals surface area contributed by atoms with Gasteiger partial charge in [-0.3, -0.25) is 18.8 Å². The Balaban J connectivity index is 0.00000102. The maximum Gasteiger partial charge on any atom is 2.00 e. The summed E-state index contributed by atoms with van der Waals surface area (Å²) in [6.07, 6.45) is 0. The maximum atomic E-state index is 12.0. The fourth-order valence-corrected chi connectivity index (χ4v) is 4.27. The van der Waals surface area contributed by atoms with Gasteiger partial charge in [0, 0.05) is 0 Å². The van der Waals surface area contributed by atoms with Gasteiger partial charge >= 0.3 is 17.1 Å². The van der Waals surface area contributed by atoms with Gasteiger partial charge in [0.1, 0.15) is 0 Å². The van der Waals surface area contributed by atoms with Crippen LogP contribution in [0.15, 0.2) is 46.4 Å². The third-order valence-electron chi connectivity index (χ3n) is 6.76. The molecule has 0 aliphatic carbocycles. The first kappa shape index (κ1) is 44.4. The molecule has 0 N–H and O–H groups in total. The summed E-state index contributed by atoms with van der Waals surface area (Å²) in [6, 6.07) is 14.2. The van der Waals surface area contributed by atoms with Crippen LogP contribution in [0.3, 0.4) is 0 Å². The van der Waals surface area contributed by atoms with Gasteiger partial charge in [-0.25, -0.2) is 13.2 Å². The number of hydrogen-bond acceptors (Lipinski definition) is 2. The standard InChI is InChI=1S/C28H40N2.C6F5.C4H11Si.Fe/c1-17(2)23-13-11-14-24(18(3)4)27(23)29-21(9)22(10)30-28-25(19(5)6)15-12-16-26(28)20(7)8;7-2-1-3(8)5(10)6(11)4(2)9;1-5(2,3)4;/h11-20H,1-10H3;;1H2,2-4H3;/q;2*-1;+2. The first-order valence-electron chi connectivity index (χ1n) is 15.7. The van der Waals surface area contributed by atoms with Crippen LogP contribution in [-0.4, -0.2) is 19.5 Å². The minimum Gasteiger partial charge on any atom is -0.342 e. The summed E-state index contributed by atoms with van der Waals surface area (Å²) in [5.41, 5.74) is 9.43. The van der Waals surface area contributed by atoms with E-state index in [0.717, 1.165) is 28.9 Å². The number of para-hydroxylation sites is 2. The zero-order chi connectivity index (χ0) is 35.7. The predicted molar refractivity (Wildman–Crippen MR) is 189 cm³/mol. The van der Waals surface area contributed by atoms with E-state index < -0.39 is 37.2 Å². The largest absolute Gasteiger partial charge is 2.00 e. The summed E-state index contributed by atoms with van der Waals surface area (Å²) in [5.74, 6) is -8.32. The molecule has 3 rings (SSSR count). The van der Waals surface area contributed by atoms with Gasteiger partial charge in [0.25, 0.3) is 0 Å². The first-order valence-corrected chi connectivity index (χ1v) is 19.4. The molecule has 0 aliphatic heterocycles. The Morgan fingerprint density at radius 2 is 0.809 bits per heavy atom. The molecule has 9 heteroatoms. The third kappa shape index (κ3) is 13.8. The van der Waals surface area contributed by atoms with Gasteiger partial charge < -0.3 is 6.55 Å². The monoisotopic (exact) mass is 714 g/mol. The van der Waals surface area contributed by atoms with Crippen LogP contribution in [0.4, 0.5) is 33.3 Å². The molecular formula is C38H51F5FeN2Si. The van der Waals surface area contributed by atoms with Crippen LogP contribution in [0.2, 0.25) is 19.6 Å². The normalized spacial score (nSPS) is 12.1. The molecule has 0 heterocycles. The van der Waals surface area contributed by atoms with Crippen molar-refractivity contribution in [2.45, 2.75) is 113 Å². The van der Waals surface area contributed by atoms with Crippen molar-refractivity contribution in [1.29, 1.82) is 0 Å². The molecule has 3 aromatic carbocycles. The van der Waals surface area contributed by atoms with Crippen molar-refractivity contribution in [3.63, 3.8) is 0 Å². The van der Waals surface area contributed by atoms with Crippen LogP contribution in [-0.2, 0) is 17.1 Å². The van der Waals surface area contributed by atoms with Crippen molar-refractivity contribution in [3.8, 4) is 0 Å². The Bertz CT molecular complexity index is 1360. The first-order chi connectivity index (χ1) is 21.1. The molecule has 0 saturated carbocycles. The molecule has 0 aliphatic rings. The van der Waals surface area contributed by atoms with Crippen LogP contribution in [0, 0.1) is 41.7 Å². The molecule has 3 aromatic rings. The number of benzene rings is 3. The number of hydrogen-bond donors (Lipinski definition) is 0. The SMILES string of the molecule is CC(=Nc1c(C(C)C)cccc1C(C)C)C(C)=Nc1c(C(C)C)cccc1C(C)C.Fc1[c-]c(F)c(F)c(F)c1F.[CH2-][Si](C)(C)C.[Fe+2]. The van der Waals surface area contributed by atoms with Gasteiger partial charge in [-0.15, -0.1) is 14.1 Å². The zero-order valence-electron chi connectivity index (χ0n) is 30.1. The Labute approximate surface area is 291 Å². The number of aliphatic imine (C=N–C) groups is 2. The van der Waals surface area contributed by atoms with Crippen molar-refractivity contribution >= 4 is 30.9 Å². The van der Waals surface area contributed by atoms with E-state index in [9.17, 15) is 22.0 Å². The van der Waals surface area contributed by atoms with Gasteiger partial charge in [0.05, 0.1) is 51.9 Å². The van der Waals surface area contributed by atoms with E-state index in [0.29, 0.717) is 23.7 Å². The van der Waals surface area contributed by atoms with E-state index in [1.807, 2.05) is 0 Å². The van der Waals surface area contributed by atoms with E-state index in [1.54, 1.807) is 0 Å². The van der Waals surface area contributed by atoms with E-state index >= 15 is 0 Å². The van der Waals surface area contributed by atoms with Gasteiger partial charge in [-0.1, -0.05) is 111 Å². The molecule has 47 heavy (non-hydrogen) atoms. The quantitative estimate of drug-likeness (QED) is 0.0581. The van der Waals surface area contributed by atoms with Crippen LogP contribution in [0.1, 0.15) is 115 Å². The molecule has 0 spiro atoms. The topological polar surface area (TPSA) is 24.7 Å². The fraction of sp³-hybridized carbons (Fsp3) is 0.447. The van der Waals surface area contributed by atoms with Crippen molar-refractivity contribution in [3.05, 3.63) is 100 Å². The molecule has 0 amide bonds. The Morgan fingerprint density at radius 1 is 0.574 bits per heavy atom. The summed E-state index contributed by atoms with van der Waals surface area (Å²) in [5, 5.41) is 0. The van der Waals surface area contributed by atoms with E-state index in [4.69, 9.17) is 9.98 Å². The van der Waals surface area contributed by atoms with E-state index in [2.05, 4.69) is 132 Å². The molecule has 0 unspecified atom stereocenters. The van der Waals surface area contributed by atoms with Crippen molar-refractivity contribution in [2.75, 3.05) is 0 Å². The minimum atomic E-state index is -2.17. The van der Waals surface area contributed by atoms with Gasteiger partial charge in [0.2, 0.25) is 0 Å². The van der Waals surface area contributed by atoms with Crippen LogP contribution >= 0.6 is 0 Å². The summed E-state index contributed by atoms with van der Waals surface area (Å²) < 4.78 is 59.9. The molecule has 2 nitrogen and oxygen atoms in total. The molecule has 260 valence electrons. The van der Waals surface area contributed by atoms with Crippen LogP contribution < -0.4 is 0 Å². The molecule has 0 bridgehead atoms. The zero-order valence-corrected chi connectivity index (χ0v) is 32.2. The van der Waals surface area contributed by atoms with Crippen LogP contribution in [0.25, 0.3) is 0 Å². The van der Waals surface area contributed by atoms with Gasteiger partial charge in [0.15, 0.2) is 0 Å². The number of nitrogens with zero attached hydrogens (tertiary/aromatic N) is 2. The summed E-state index contributed by atoms with van der Waals surface area (Å²) in [7, 11) is -0.861. The average Bonchev–Trinajstić information content (AvgIpc) is 2.94. The molecule has 0 saturated heterocycles. The van der Waals surface area contributed by atoms with Gasteiger partial charge in [-0.05, 0) is 59.8 Å². The van der Waals surface area contributed by atoms with Crippen molar-refractivity contribution < 1.29 is 39.0 Å². The van der Waals surface area contributed by atoms with E-state index in [-0.39, 0.29) is 17.1 Å². The molecular weight excluding hydrogens is 663 g/mol. The second kappa shape index (κ2) is 19.4. The average molecular weight is 715 g/mol. The smallest absolute Gasteiger partial charge is 0.342 e. The predicted octanol–water partition coefficient (Wildman–Crippen LogP) is 12.9. The minimum absolute atomic E-state index is 0. The van der Waals surface area contributed by atoms with Crippen LogP contribution in [0.5, 0.6) is 0 Å². The second-order valence-electron chi connectivity index (χ2n) is 13.8. The van der Waals surface area contributed by atoms with Gasteiger partial charge in [-0.2, -0.15) is 0 Å². The molecule has 0 fully saturated rings. The summed E-state index contributed by atoms with van der Waals surface area (Å²) in [4.78, 5) is 10.3. The fourth-order valence-electron chi connectivity index (χ4n) is 4.27. The molecule has 0 radical (unpaired) electrons. The van der Waals surface area contributed by atoms with Crippen molar-refractivity contribution in [2.24, 2.45) is 9.98 Å².